The third-order valence-corrected chi connectivity index (χ3v) is 11.9. The lowest BCUT2D eigenvalue weighted by atomic mass is 10.0. The molecular formula is C54H94NO10P. The Kier molecular flexibility index (Phi) is 46.1. The number of phosphoric acid groups is 1. The summed E-state index contributed by atoms with van der Waals surface area (Å²) in [5.41, 5.74) is 5.35. The highest BCUT2D eigenvalue weighted by atomic mass is 31.2. The Labute approximate surface area is 401 Å². The number of phosphoric ester groups is 1. The summed E-state index contributed by atoms with van der Waals surface area (Å²) in [4.78, 5) is 46.2. The van der Waals surface area contributed by atoms with Crippen LogP contribution in [0.25, 0.3) is 0 Å². The Morgan fingerprint density at radius 3 is 1.33 bits per heavy atom. The number of carbonyl (C=O) groups is 3. The minimum Gasteiger partial charge on any atom is -0.480 e. The van der Waals surface area contributed by atoms with Gasteiger partial charge < -0.3 is 25.2 Å². The molecule has 1 unspecified atom stereocenters. The molecule has 12 heteroatoms. The second-order valence-electron chi connectivity index (χ2n) is 17.3. The number of ether oxygens (including phenoxy) is 2. The van der Waals surface area contributed by atoms with E-state index in [2.05, 4.69) is 85.2 Å². The molecule has 0 spiro atoms. The lowest BCUT2D eigenvalue weighted by Gasteiger charge is -2.20. The van der Waals surface area contributed by atoms with Crippen LogP contribution in [0.3, 0.4) is 0 Å². The van der Waals surface area contributed by atoms with Crippen LogP contribution in [0.2, 0.25) is 0 Å². The molecule has 0 aliphatic rings. The van der Waals surface area contributed by atoms with Crippen LogP contribution in [0.15, 0.2) is 72.9 Å². The Morgan fingerprint density at radius 1 is 0.470 bits per heavy atom. The summed E-state index contributed by atoms with van der Waals surface area (Å²) in [6, 6.07) is -1.54. The maximum absolute atomic E-state index is 12.7. The van der Waals surface area contributed by atoms with Gasteiger partial charge in [0.15, 0.2) is 6.10 Å². The van der Waals surface area contributed by atoms with E-state index < -0.39 is 51.1 Å². The van der Waals surface area contributed by atoms with Crippen molar-refractivity contribution in [2.45, 2.75) is 231 Å². The molecule has 0 aromatic carbocycles. The lowest BCUT2D eigenvalue weighted by Crippen LogP contribution is -2.34. The third kappa shape index (κ3) is 47.4. The molecule has 0 aromatic rings. The summed E-state index contributed by atoms with van der Waals surface area (Å²) >= 11 is 0. The van der Waals surface area contributed by atoms with Crippen molar-refractivity contribution in [2.75, 3.05) is 19.8 Å². The number of allylic oxidation sites excluding steroid dienone is 12. The van der Waals surface area contributed by atoms with Gasteiger partial charge in [-0.1, -0.05) is 189 Å². The third-order valence-electron chi connectivity index (χ3n) is 10.9. The number of carbonyl (C=O) groups excluding carboxylic acids is 2. The van der Waals surface area contributed by atoms with Crippen LogP contribution >= 0.6 is 7.82 Å². The molecule has 0 rings (SSSR count). The van der Waals surface area contributed by atoms with Gasteiger partial charge in [-0.2, -0.15) is 0 Å². The van der Waals surface area contributed by atoms with Gasteiger partial charge in [0.2, 0.25) is 0 Å². The molecule has 0 amide bonds. The predicted octanol–water partition coefficient (Wildman–Crippen LogP) is 14.8. The quantitative estimate of drug-likeness (QED) is 0.0229. The van der Waals surface area contributed by atoms with Crippen LogP contribution in [0.4, 0.5) is 0 Å². The molecule has 66 heavy (non-hydrogen) atoms. The number of esters is 2. The number of nitrogens with two attached hydrogens (primary N) is 1. The number of rotatable bonds is 48. The zero-order chi connectivity index (χ0) is 48.4. The minimum absolute atomic E-state index is 0.0913. The average Bonchev–Trinajstić information content (AvgIpc) is 3.30. The summed E-state index contributed by atoms with van der Waals surface area (Å²) in [5, 5.41) is 8.92. The SMILES string of the molecule is CCCCC/C=C/C/C=C/C/C=C/C/C=C/CCCCCC(=O)OC[C@H](COP(=O)(O)OC[C@H](N)C(=O)O)OC(=O)CCC/C=C/CC/C=C/CCCCCCCCCCCCCCCC. The highest BCUT2D eigenvalue weighted by Crippen LogP contribution is 2.43. The fourth-order valence-electron chi connectivity index (χ4n) is 6.83. The second kappa shape index (κ2) is 48.4. The number of carboxylic acids is 1. The van der Waals surface area contributed by atoms with Crippen molar-refractivity contribution in [3.8, 4) is 0 Å². The zero-order valence-electron chi connectivity index (χ0n) is 41.5. The van der Waals surface area contributed by atoms with Crippen LogP contribution < -0.4 is 5.73 Å². The Hall–Kier alpha value is -3.08. The van der Waals surface area contributed by atoms with Gasteiger partial charge in [-0.3, -0.25) is 23.4 Å². The molecule has 0 bridgehead atoms. The molecule has 0 aliphatic heterocycles. The van der Waals surface area contributed by atoms with Crippen molar-refractivity contribution < 1.29 is 47.5 Å². The van der Waals surface area contributed by atoms with Gasteiger partial charge >= 0.3 is 25.7 Å². The zero-order valence-corrected chi connectivity index (χ0v) is 42.4. The number of unbranched alkanes of at least 4 members (excludes halogenated alkanes) is 22. The standard InChI is InChI=1S/C54H94NO10P/c1-3-5-7-9-11-13-15-17-19-21-23-24-25-26-28-30-32-34-36-38-40-42-44-46-53(57)65-50(48-63-66(60,61)64-49-51(55)54(58)59)47-62-52(56)45-43-41-39-37-35-33-31-29-27-22-20-18-16-14-12-10-8-6-4-2/h12,14,18,20,27,29-30,32-33,35,38,40,50-51H,3-11,13,15-17,19,21-26,28,31,34,36-37,39,41-49,55H2,1-2H3,(H,58,59)(H,60,61)/b14-12+,20-18+,29-27+,32-30+,35-33+,40-38+/t50-,51+/m1/s1. The Bertz CT molecular complexity index is 1390. The predicted molar refractivity (Wildman–Crippen MR) is 272 cm³/mol. The normalized spacial score (nSPS) is 14.1. The summed E-state index contributed by atoms with van der Waals surface area (Å²) in [5.74, 6) is -2.47. The Balaban J connectivity index is 4.36. The van der Waals surface area contributed by atoms with E-state index in [0.717, 1.165) is 57.8 Å². The van der Waals surface area contributed by atoms with E-state index in [1.165, 1.54) is 116 Å². The van der Waals surface area contributed by atoms with E-state index in [1.807, 2.05) is 6.08 Å². The lowest BCUT2D eigenvalue weighted by molar-refractivity contribution is -0.161. The van der Waals surface area contributed by atoms with Crippen molar-refractivity contribution in [3.63, 3.8) is 0 Å². The molecule has 4 N–H and O–H groups in total. The molecule has 0 saturated heterocycles. The van der Waals surface area contributed by atoms with Gasteiger partial charge in [-0.25, -0.2) is 4.57 Å². The van der Waals surface area contributed by atoms with E-state index in [1.54, 1.807) is 0 Å². The smallest absolute Gasteiger partial charge is 0.472 e. The molecule has 0 aliphatic carbocycles. The van der Waals surface area contributed by atoms with Crippen LogP contribution in [0.5, 0.6) is 0 Å². The van der Waals surface area contributed by atoms with Crippen LogP contribution in [-0.4, -0.2) is 59.9 Å². The highest BCUT2D eigenvalue weighted by molar-refractivity contribution is 7.47. The first-order chi connectivity index (χ1) is 32.1. The highest BCUT2D eigenvalue weighted by Gasteiger charge is 2.28. The van der Waals surface area contributed by atoms with Crippen molar-refractivity contribution in [3.05, 3.63) is 72.9 Å². The van der Waals surface area contributed by atoms with E-state index in [0.29, 0.717) is 19.3 Å². The first kappa shape index (κ1) is 62.9. The van der Waals surface area contributed by atoms with Crippen LogP contribution in [-0.2, 0) is 37.5 Å². The molecule has 0 fully saturated rings. The van der Waals surface area contributed by atoms with Gasteiger partial charge in [0.05, 0.1) is 13.2 Å². The van der Waals surface area contributed by atoms with E-state index >= 15 is 0 Å². The maximum atomic E-state index is 12.7. The largest absolute Gasteiger partial charge is 0.480 e. The first-order valence-corrected chi connectivity index (χ1v) is 27.5. The monoisotopic (exact) mass is 948 g/mol. The van der Waals surface area contributed by atoms with Gasteiger partial charge in [0, 0.05) is 12.8 Å². The van der Waals surface area contributed by atoms with Crippen molar-refractivity contribution >= 4 is 25.7 Å². The fraction of sp³-hybridized carbons (Fsp3) is 0.722. The molecule has 3 atom stereocenters. The molecule has 0 saturated carbocycles. The van der Waals surface area contributed by atoms with Crippen molar-refractivity contribution in [1.82, 2.24) is 0 Å². The maximum Gasteiger partial charge on any atom is 0.472 e. The summed E-state index contributed by atoms with van der Waals surface area (Å²) in [7, 11) is -4.74. The van der Waals surface area contributed by atoms with Crippen LogP contribution in [0.1, 0.15) is 219 Å². The van der Waals surface area contributed by atoms with Gasteiger partial charge in [0.25, 0.3) is 0 Å². The minimum atomic E-state index is -4.74. The second-order valence-corrected chi connectivity index (χ2v) is 18.7. The van der Waals surface area contributed by atoms with Crippen molar-refractivity contribution in [2.24, 2.45) is 5.73 Å². The van der Waals surface area contributed by atoms with Gasteiger partial charge in [-0.15, -0.1) is 0 Å². The number of aliphatic carboxylic acids is 1. The topological polar surface area (TPSA) is 172 Å². The molecule has 0 radical (unpaired) electrons. The average molecular weight is 948 g/mol. The van der Waals surface area contributed by atoms with Gasteiger partial charge in [-0.05, 0) is 89.9 Å². The number of carboxylic acid groups (broad SMARTS) is 1. The van der Waals surface area contributed by atoms with E-state index in [4.69, 9.17) is 24.8 Å². The molecule has 0 heterocycles. The first-order valence-electron chi connectivity index (χ1n) is 26.0. The van der Waals surface area contributed by atoms with E-state index in [9.17, 15) is 23.8 Å². The summed E-state index contributed by atoms with van der Waals surface area (Å²) in [6.07, 6.45) is 59.8. The fourth-order valence-corrected chi connectivity index (χ4v) is 7.61. The summed E-state index contributed by atoms with van der Waals surface area (Å²) < 4.78 is 32.8. The summed E-state index contributed by atoms with van der Waals surface area (Å²) in [6.45, 7) is 2.73. The van der Waals surface area contributed by atoms with E-state index in [-0.39, 0.29) is 19.4 Å². The van der Waals surface area contributed by atoms with Crippen molar-refractivity contribution in [1.29, 1.82) is 0 Å². The number of hydrogen-bond donors (Lipinski definition) is 3. The Morgan fingerprint density at radius 2 is 0.833 bits per heavy atom. The molecule has 11 nitrogen and oxygen atoms in total. The molecular weight excluding hydrogens is 854 g/mol. The number of hydrogen-bond acceptors (Lipinski definition) is 9. The molecule has 380 valence electrons. The molecule has 0 aromatic heterocycles. The van der Waals surface area contributed by atoms with Gasteiger partial charge in [0.1, 0.15) is 12.6 Å². The van der Waals surface area contributed by atoms with Crippen LogP contribution in [0, 0.1) is 0 Å².